The number of carbonyl (C=O) groups excluding carboxylic acids is 2. The van der Waals surface area contributed by atoms with Crippen LogP contribution in [0.2, 0.25) is 0 Å². The fourth-order valence-corrected chi connectivity index (χ4v) is 3.87. The van der Waals surface area contributed by atoms with Crippen molar-refractivity contribution in [3.63, 3.8) is 0 Å². The minimum atomic E-state index is -0.0540. The Morgan fingerprint density at radius 2 is 1.39 bits per heavy atom. The highest BCUT2D eigenvalue weighted by Crippen LogP contribution is 2.24. The molecule has 0 saturated carbocycles. The normalized spacial score (nSPS) is 14.5. The zero-order chi connectivity index (χ0) is 23.0. The van der Waals surface area contributed by atoms with E-state index >= 15 is 0 Å². The molecule has 6 heteroatoms. The zero-order valence-corrected chi connectivity index (χ0v) is 18.8. The number of hydrogen-bond donors (Lipinski definition) is 2. The van der Waals surface area contributed by atoms with E-state index in [1.165, 1.54) is 0 Å². The molecular formula is C27H29N3O3. The van der Waals surface area contributed by atoms with Crippen molar-refractivity contribution < 1.29 is 14.3 Å². The first-order valence-corrected chi connectivity index (χ1v) is 11.3. The maximum atomic E-state index is 12.7. The largest absolute Gasteiger partial charge is 0.457 e. The molecular weight excluding hydrogens is 414 g/mol. The summed E-state index contributed by atoms with van der Waals surface area (Å²) in [5.41, 5.74) is 2.71. The van der Waals surface area contributed by atoms with Crippen molar-refractivity contribution in [2.75, 3.05) is 30.3 Å². The summed E-state index contributed by atoms with van der Waals surface area (Å²) in [6.07, 6.45) is 1.47. The molecule has 4 rings (SSSR count). The standard InChI is InChI=1S/C27H29N3O3/c1-20-7-9-22(10-8-20)28-26(31)19-30-17-15-21(16-18-30)27(32)29-23-11-13-25(14-12-23)33-24-5-3-2-4-6-24/h2-14,21H,15-19H2,1H3,(H,28,31)(H,29,32). The molecule has 0 atom stereocenters. The molecule has 1 aliphatic heterocycles. The van der Waals surface area contributed by atoms with Gasteiger partial charge in [-0.25, -0.2) is 0 Å². The van der Waals surface area contributed by atoms with Gasteiger partial charge in [0.2, 0.25) is 11.8 Å². The summed E-state index contributed by atoms with van der Waals surface area (Å²) in [7, 11) is 0. The number of rotatable bonds is 7. The number of para-hydroxylation sites is 1. The average Bonchev–Trinajstić information content (AvgIpc) is 2.83. The van der Waals surface area contributed by atoms with Crippen LogP contribution in [0.1, 0.15) is 18.4 Å². The lowest BCUT2D eigenvalue weighted by atomic mass is 9.96. The van der Waals surface area contributed by atoms with Crippen LogP contribution in [0.5, 0.6) is 11.5 Å². The Hall–Kier alpha value is -3.64. The molecule has 0 radical (unpaired) electrons. The zero-order valence-electron chi connectivity index (χ0n) is 18.8. The summed E-state index contributed by atoms with van der Waals surface area (Å²) in [5, 5.41) is 5.94. The van der Waals surface area contributed by atoms with E-state index in [2.05, 4.69) is 15.5 Å². The number of nitrogens with zero attached hydrogens (tertiary/aromatic N) is 1. The minimum absolute atomic E-state index is 0.0236. The molecule has 2 amide bonds. The second-order valence-electron chi connectivity index (χ2n) is 8.39. The molecule has 3 aromatic carbocycles. The molecule has 1 aliphatic rings. The van der Waals surface area contributed by atoms with E-state index in [9.17, 15) is 9.59 Å². The highest BCUT2D eigenvalue weighted by atomic mass is 16.5. The van der Waals surface area contributed by atoms with E-state index < -0.39 is 0 Å². The molecule has 1 saturated heterocycles. The number of carbonyl (C=O) groups is 2. The summed E-state index contributed by atoms with van der Waals surface area (Å²) in [4.78, 5) is 27.1. The van der Waals surface area contributed by atoms with Crippen LogP contribution >= 0.6 is 0 Å². The number of likely N-dealkylation sites (tertiary alicyclic amines) is 1. The van der Waals surface area contributed by atoms with E-state index in [0.29, 0.717) is 6.54 Å². The number of ether oxygens (including phenoxy) is 1. The second kappa shape index (κ2) is 10.8. The fourth-order valence-electron chi connectivity index (χ4n) is 3.87. The predicted molar refractivity (Wildman–Crippen MR) is 131 cm³/mol. The van der Waals surface area contributed by atoms with Crippen molar-refractivity contribution in [1.82, 2.24) is 4.90 Å². The number of benzene rings is 3. The van der Waals surface area contributed by atoms with Crippen molar-refractivity contribution in [3.8, 4) is 11.5 Å². The number of anilines is 2. The lowest BCUT2D eigenvalue weighted by molar-refractivity contribution is -0.121. The van der Waals surface area contributed by atoms with Crippen LogP contribution in [0.3, 0.4) is 0 Å². The van der Waals surface area contributed by atoms with Crippen LogP contribution in [0, 0.1) is 12.8 Å². The summed E-state index contributed by atoms with van der Waals surface area (Å²) in [5.74, 6) is 1.43. The van der Waals surface area contributed by atoms with Gasteiger partial charge in [-0.15, -0.1) is 0 Å². The molecule has 2 N–H and O–H groups in total. The van der Waals surface area contributed by atoms with E-state index in [1.54, 1.807) is 0 Å². The van der Waals surface area contributed by atoms with Crippen molar-refractivity contribution in [3.05, 3.63) is 84.4 Å². The molecule has 0 spiro atoms. The van der Waals surface area contributed by atoms with E-state index in [0.717, 1.165) is 54.4 Å². The van der Waals surface area contributed by atoms with Crippen molar-refractivity contribution in [1.29, 1.82) is 0 Å². The topological polar surface area (TPSA) is 70.7 Å². The predicted octanol–water partition coefficient (Wildman–Crippen LogP) is 5.08. The van der Waals surface area contributed by atoms with Gasteiger partial charge in [-0.05, 0) is 81.4 Å². The Kier molecular flexibility index (Phi) is 7.37. The Morgan fingerprint density at radius 3 is 2.06 bits per heavy atom. The highest BCUT2D eigenvalue weighted by Gasteiger charge is 2.26. The Balaban J connectivity index is 1.20. The van der Waals surface area contributed by atoms with Crippen LogP contribution in [-0.4, -0.2) is 36.3 Å². The van der Waals surface area contributed by atoms with Gasteiger partial charge in [0.1, 0.15) is 11.5 Å². The summed E-state index contributed by atoms with van der Waals surface area (Å²) in [6.45, 7) is 3.80. The fraction of sp³-hybridized carbons (Fsp3) is 0.259. The SMILES string of the molecule is Cc1ccc(NC(=O)CN2CCC(C(=O)Nc3ccc(Oc4ccccc4)cc3)CC2)cc1. The third-order valence-corrected chi connectivity index (χ3v) is 5.76. The molecule has 0 aliphatic carbocycles. The van der Waals surface area contributed by atoms with Gasteiger partial charge in [-0.2, -0.15) is 0 Å². The summed E-state index contributed by atoms with van der Waals surface area (Å²) in [6, 6.07) is 24.7. The molecule has 0 aromatic heterocycles. The Bertz CT molecular complexity index is 1060. The molecule has 1 heterocycles. The van der Waals surface area contributed by atoms with E-state index in [4.69, 9.17) is 4.74 Å². The second-order valence-corrected chi connectivity index (χ2v) is 8.39. The first-order valence-electron chi connectivity index (χ1n) is 11.3. The number of piperidine rings is 1. The third kappa shape index (κ3) is 6.67. The molecule has 0 unspecified atom stereocenters. The average molecular weight is 444 g/mol. The number of amides is 2. The lowest BCUT2D eigenvalue weighted by Gasteiger charge is -2.30. The molecule has 1 fully saturated rings. The molecule has 0 bridgehead atoms. The maximum absolute atomic E-state index is 12.7. The van der Waals surface area contributed by atoms with E-state index in [1.807, 2.05) is 85.8 Å². The molecule has 170 valence electrons. The van der Waals surface area contributed by atoms with Crippen molar-refractivity contribution in [2.24, 2.45) is 5.92 Å². The molecule has 6 nitrogen and oxygen atoms in total. The lowest BCUT2D eigenvalue weighted by Crippen LogP contribution is -2.41. The third-order valence-electron chi connectivity index (χ3n) is 5.76. The number of hydrogen-bond acceptors (Lipinski definition) is 4. The van der Waals surface area contributed by atoms with Gasteiger partial charge in [0.15, 0.2) is 0 Å². The van der Waals surface area contributed by atoms with Crippen LogP contribution in [0.15, 0.2) is 78.9 Å². The first kappa shape index (κ1) is 22.6. The number of aryl methyl sites for hydroxylation is 1. The highest BCUT2D eigenvalue weighted by molar-refractivity contribution is 5.93. The quantitative estimate of drug-likeness (QED) is 0.534. The van der Waals surface area contributed by atoms with Gasteiger partial charge < -0.3 is 15.4 Å². The van der Waals surface area contributed by atoms with Gasteiger partial charge in [0.05, 0.1) is 6.54 Å². The van der Waals surface area contributed by atoms with Crippen molar-refractivity contribution in [2.45, 2.75) is 19.8 Å². The van der Waals surface area contributed by atoms with Crippen LogP contribution in [-0.2, 0) is 9.59 Å². The van der Waals surface area contributed by atoms with Gasteiger partial charge in [0, 0.05) is 17.3 Å². The van der Waals surface area contributed by atoms with Gasteiger partial charge in [0.25, 0.3) is 0 Å². The monoisotopic (exact) mass is 443 g/mol. The van der Waals surface area contributed by atoms with Crippen LogP contribution < -0.4 is 15.4 Å². The molecule has 3 aromatic rings. The van der Waals surface area contributed by atoms with E-state index in [-0.39, 0.29) is 17.7 Å². The van der Waals surface area contributed by atoms with Gasteiger partial charge >= 0.3 is 0 Å². The Labute approximate surface area is 194 Å². The maximum Gasteiger partial charge on any atom is 0.238 e. The smallest absolute Gasteiger partial charge is 0.238 e. The summed E-state index contributed by atoms with van der Waals surface area (Å²) >= 11 is 0. The Morgan fingerprint density at radius 1 is 0.818 bits per heavy atom. The minimum Gasteiger partial charge on any atom is -0.457 e. The molecule has 33 heavy (non-hydrogen) atoms. The number of nitrogens with one attached hydrogen (secondary N) is 2. The van der Waals surface area contributed by atoms with Crippen LogP contribution in [0.4, 0.5) is 11.4 Å². The van der Waals surface area contributed by atoms with Crippen LogP contribution in [0.25, 0.3) is 0 Å². The summed E-state index contributed by atoms with van der Waals surface area (Å²) < 4.78 is 5.79. The van der Waals surface area contributed by atoms with Crippen molar-refractivity contribution >= 4 is 23.2 Å². The van der Waals surface area contributed by atoms with Gasteiger partial charge in [-0.3, -0.25) is 14.5 Å². The first-order chi connectivity index (χ1) is 16.0. The van der Waals surface area contributed by atoms with Gasteiger partial charge in [-0.1, -0.05) is 35.9 Å².